The summed E-state index contributed by atoms with van der Waals surface area (Å²) in [6, 6.07) is 10.2. The molecule has 6 heteroatoms. The number of hydrogen-bond acceptors (Lipinski definition) is 3. The van der Waals surface area contributed by atoms with Crippen LogP contribution in [0.5, 0.6) is 0 Å². The standard InChI is InChI=1S/C20H34N4O2/c1-6-22-18(25)20(3,4)15-24-19(21-5)23-13-10-14-26-16(2)17-11-8-7-9-12-17/h7-9,11-12,16H,6,10,13-15H2,1-5H3,(H,22,25)(H2,21,23,24). The van der Waals surface area contributed by atoms with Gasteiger partial charge in [-0.2, -0.15) is 0 Å². The van der Waals surface area contributed by atoms with E-state index in [1.165, 1.54) is 5.56 Å². The number of ether oxygens (including phenoxy) is 1. The fourth-order valence-electron chi connectivity index (χ4n) is 2.36. The lowest BCUT2D eigenvalue weighted by molar-refractivity contribution is -0.128. The minimum atomic E-state index is -0.498. The van der Waals surface area contributed by atoms with E-state index in [1.807, 2.05) is 39.0 Å². The average molecular weight is 363 g/mol. The Hall–Kier alpha value is -2.08. The van der Waals surface area contributed by atoms with Crippen LogP contribution in [-0.4, -0.2) is 45.2 Å². The lowest BCUT2D eigenvalue weighted by Gasteiger charge is -2.24. The van der Waals surface area contributed by atoms with Gasteiger partial charge in [-0.1, -0.05) is 30.3 Å². The third-order valence-electron chi connectivity index (χ3n) is 4.12. The molecule has 0 bridgehead atoms. The third kappa shape index (κ3) is 7.87. The van der Waals surface area contributed by atoms with E-state index in [2.05, 4.69) is 40.0 Å². The smallest absolute Gasteiger partial charge is 0.227 e. The molecule has 1 atom stereocenters. The van der Waals surface area contributed by atoms with E-state index in [9.17, 15) is 4.79 Å². The fraction of sp³-hybridized carbons (Fsp3) is 0.600. The highest BCUT2D eigenvalue weighted by Crippen LogP contribution is 2.15. The van der Waals surface area contributed by atoms with Crippen molar-refractivity contribution in [3.63, 3.8) is 0 Å². The molecule has 0 radical (unpaired) electrons. The zero-order chi connectivity index (χ0) is 19.4. The van der Waals surface area contributed by atoms with E-state index in [0.717, 1.165) is 13.0 Å². The Labute approximate surface area is 157 Å². The number of nitrogens with zero attached hydrogens (tertiary/aromatic N) is 1. The monoisotopic (exact) mass is 362 g/mol. The number of guanidine groups is 1. The molecule has 1 aromatic rings. The van der Waals surface area contributed by atoms with Gasteiger partial charge in [0.15, 0.2) is 5.96 Å². The van der Waals surface area contributed by atoms with Crippen molar-refractivity contribution < 1.29 is 9.53 Å². The first-order chi connectivity index (χ1) is 12.4. The van der Waals surface area contributed by atoms with Crippen molar-refractivity contribution in [1.82, 2.24) is 16.0 Å². The normalized spacial score (nSPS) is 13.2. The van der Waals surface area contributed by atoms with Crippen molar-refractivity contribution in [2.45, 2.75) is 40.2 Å². The lowest BCUT2D eigenvalue weighted by atomic mass is 9.92. The number of rotatable bonds is 10. The molecule has 0 aliphatic carbocycles. The van der Waals surface area contributed by atoms with Crippen LogP contribution in [0, 0.1) is 5.41 Å². The van der Waals surface area contributed by atoms with Crippen LogP contribution in [0.4, 0.5) is 0 Å². The van der Waals surface area contributed by atoms with Gasteiger partial charge in [-0.15, -0.1) is 0 Å². The van der Waals surface area contributed by atoms with E-state index < -0.39 is 5.41 Å². The summed E-state index contributed by atoms with van der Waals surface area (Å²) in [6.07, 6.45) is 0.962. The Balaban J connectivity index is 2.25. The summed E-state index contributed by atoms with van der Waals surface area (Å²) < 4.78 is 5.86. The lowest BCUT2D eigenvalue weighted by Crippen LogP contribution is -2.48. The predicted octanol–water partition coefficient (Wildman–Crippen LogP) is 2.48. The summed E-state index contributed by atoms with van der Waals surface area (Å²) in [5.41, 5.74) is 0.688. The number of benzene rings is 1. The number of carbonyl (C=O) groups excluding carboxylic acids is 1. The minimum absolute atomic E-state index is 0.0336. The van der Waals surface area contributed by atoms with E-state index in [4.69, 9.17) is 4.74 Å². The van der Waals surface area contributed by atoms with Gasteiger partial charge >= 0.3 is 0 Å². The van der Waals surface area contributed by atoms with Crippen molar-refractivity contribution in [1.29, 1.82) is 0 Å². The quantitative estimate of drug-likeness (QED) is 0.340. The van der Waals surface area contributed by atoms with Gasteiger partial charge in [0.05, 0.1) is 11.5 Å². The molecule has 3 N–H and O–H groups in total. The van der Waals surface area contributed by atoms with Crippen LogP contribution >= 0.6 is 0 Å². The molecule has 0 saturated heterocycles. The van der Waals surface area contributed by atoms with E-state index in [1.54, 1.807) is 7.05 Å². The van der Waals surface area contributed by atoms with Gasteiger partial charge in [-0.25, -0.2) is 0 Å². The molecule has 0 heterocycles. The average Bonchev–Trinajstić information content (AvgIpc) is 2.64. The molecule has 0 aliphatic heterocycles. The Morgan fingerprint density at radius 2 is 1.88 bits per heavy atom. The van der Waals surface area contributed by atoms with E-state index in [0.29, 0.717) is 25.7 Å². The Morgan fingerprint density at radius 1 is 1.19 bits per heavy atom. The topological polar surface area (TPSA) is 74.8 Å². The molecule has 146 valence electrons. The van der Waals surface area contributed by atoms with Gasteiger partial charge < -0.3 is 20.7 Å². The van der Waals surface area contributed by atoms with Crippen molar-refractivity contribution in [2.75, 3.05) is 33.3 Å². The van der Waals surface area contributed by atoms with Crippen LogP contribution in [0.2, 0.25) is 0 Å². The third-order valence-corrected chi connectivity index (χ3v) is 4.12. The summed E-state index contributed by atoms with van der Waals surface area (Å²) in [6.45, 7) is 10.4. The molecule has 1 aromatic carbocycles. The molecule has 0 saturated carbocycles. The highest BCUT2D eigenvalue weighted by Gasteiger charge is 2.27. The maximum atomic E-state index is 12.0. The molecule has 6 nitrogen and oxygen atoms in total. The van der Waals surface area contributed by atoms with Crippen LogP contribution in [0.15, 0.2) is 35.3 Å². The van der Waals surface area contributed by atoms with Gasteiger partial charge in [-0.05, 0) is 39.7 Å². The Kier molecular flexibility index (Phi) is 9.73. The maximum Gasteiger partial charge on any atom is 0.227 e. The summed E-state index contributed by atoms with van der Waals surface area (Å²) in [7, 11) is 1.72. The predicted molar refractivity (Wildman–Crippen MR) is 107 cm³/mol. The Morgan fingerprint density at radius 3 is 2.50 bits per heavy atom. The van der Waals surface area contributed by atoms with Crippen molar-refractivity contribution in [3.8, 4) is 0 Å². The molecule has 0 fully saturated rings. The summed E-state index contributed by atoms with van der Waals surface area (Å²) >= 11 is 0. The first kappa shape index (κ1) is 22.0. The first-order valence-electron chi connectivity index (χ1n) is 9.30. The number of aliphatic imine (C=N–C) groups is 1. The second-order valence-corrected chi connectivity index (χ2v) is 6.87. The number of amides is 1. The minimum Gasteiger partial charge on any atom is -0.374 e. The zero-order valence-electron chi connectivity index (χ0n) is 16.8. The molecule has 1 amide bonds. The van der Waals surface area contributed by atoms with E-state index in [-0.39, 0.29) is 12.0 Å². The SMILES string of the molecule is CCNC(=O)C(C)(C)CNC(=NC)NCCCOC(C)c1ccccc1. The molecule has 0 aromatic heterocycles. The van der Waals surface area contributed by atoms with Gasteiger partial charge in [0.1, 0.15) is 0 Å². The molecule has 0 spiro atoms. The van der Waals surface area contributed by atoms with Crippen LogP contribution in [0.25, 0.3) is 0 Å². The highest BCUT2D eigenvalue weighted by molar-refractivity contribution is 5.84. The zero-order valence-corrected chi connectivity index (χ0v) is 16.8. The largest absolute Gasteiger partial charge is 0.374 e. The molecule has 1 unspecified atom stereocenters. The van der Waals surface area contributed by atoms with Gasteiger partial charge in [0.25, 0.3) is 0 Å². The van der Waals surface area contributed by atoms with Crippen LogP contribution < -0.4 is 16.0 Å². The summed E-state index contributed by atoms with van der Waals surface area (Å²) in [5, 5.41) is 9.32. The second kappa shape index (κ2) is 11.5. The molecule has 26 heavy (non-hydrogen) atoms. The second-order valence-electron chi connectivity index (χ2n) is 6.87. The Bertz CT molecular complexity index is 558. The van der Waals surface area contributed by atoms with Gasteiger partial charge in [0.2, 0.25) is 5.91 Å². The van der Waals surface area contributed by atoms with Gasteiger partial charge in [0, 0.05) is 33.3 Å². The summed E-state index contributed by atoms with van der Waals surface area (Å²) in [4.78, 5) is 16.2. The van der Waals surface area contributed by atoms with Crippen LogP contribution in [0.1, 0.15) is 45.8 Å². The number of nitrogens with one attached hydrogen (secondary N) is 3. The van der Waals surface area contributed by atoms with Crippen molar-refractivity contribution in [2.24, 2.45) is 10.4 Å². The molecule has 1 rings (SSSR count). The number of carbonyl (C=O) groups is 1. The fourth-order valence-corrected chi connectivity index (χ4v) is 2.36. The number of hydrogen-bond donors (Lipinski definition) is 3. The first-order valence-corrected chi connectivity index (χ1v) is 9.30. The highest BCUT2D eigenvalue weighted by atomic mass is 16.5. The van der Waals surface area contributed by atoms with E-state index >= 15 is 0 Å². The molecular formula is C20H34N4O2. The van der Waals surface area contributed by atoms with Crippen molar-refractivity contribution in [3.05, 3.63) is 35.9 Å². The van der Waals surface area contributed by atoms with Crippen molar-refractivity contribution >= 4 is 11.9 Å². The molecule has 0 aliphatic rings. The maximum absolute atomic E-state index is 12.0. The van der Waals surface area contributed by atoms with Crippen LogP contribution in [-0.2, 0) is 9.53 Å². The summed E-state index contributed by atoms with van der Waals surface area (Å²) in [5.74, 6) is 0.727. The van der Waals surface area contributed by atoms with Gasteiger partial charge in [-0.3, -0.25) is 9.79 Å². The van der Waals surface area contributed by atoms with Crippen LogP contribution in [0.3, 0.4) is 0 Å². The molecular weight excluding hydrogens is 328 g/mol.